The fourth-order valence-corrected chi connectivity index (χ4v) is 4.43. The van der Waals surface area contributed by atoms with Crippen LogP contribution in [0.1, 0.15) is 31.9 Å². The molecule has 0 saturated heterocycles. The van der Waals surface area contributed by atoms with E-state index in [1.165, 1.54) is 12.0 Å². The van der Waals surface area contributed by atoms with Crippen molar-refractivity contribution in [2.24, 2.45) is 11.8 Å². The lowest BCUT2D eigenvalue weighted by atomic mass is 9.99. The van der Waals surface area contributed by atoms with Crippen LogP contribution in [0.4, 0.5) is 0 Å². The summed E-state index contributed by atoms with van der Waals surface area (Å²) in [6, 6.07) is 15.6. The zero-order chi connectivity index (χ0) is 23.0. The Bertz CT molecular complexity index is 942. The Morgan fingerprint density at radius 1 is 1.13 bits per heavy atom. The number of nitrogens with one attached hydrogen (secondary N) is 1. The summed E-state index contributed by atoms with van der Waals surface area (Å²) in [7, 11) is 1.42. The maximum absolute atomic E-state index is 12.3. The standard InChI is InChI=1S/C25H29Cl2NO2S/c1-16(2)24(17(3)20-11-12-22(26)23(27)14-20)31-18(4)28-15-21(25(29)30-5)13-19-9-7-6-8-10-19/h6-12,14,16,21,28H,4,13,15H2,1-3,5H3/b24-17+. The first kappa shape index (κ1) is 25.4. The van der Waals surface area contributed by atoms with Gasteiger partial charge in [0.05, 0.1) is 28.1 Å². The van der Waals surface area contributed by atoms with Crippen LogP contribution in [0.25, 0.3) is 5.57 Å². The number of esters is 1. The summed E-state index contributed by atoms with van der Waals surface area (Å²) >= 11 is 13.8. The van der Waals surface area contributed by atoms with Gasteiger partial charge in [0.1, 0.15) is 0 Å². The van der Waals surface area contributed by atoms with Crippen molar-refractivity contribution in [3.8, 4) is 0 Å². The number of allylic oxidation sites excluding steroid dienone is 2. The molecule has 6 heteroatoms. The fraction of sp³-hybridized carbons (Fsp3) is 0.320. The molecule has 0 aromatic heterocycles. The zero-order valence-corrected chi connectivity index (χ0v) is 20.7. The molecule has 1 N–H and O–H groups in total. The van der Waals surface area contributed by atoms with Crippen molar-refractivity contribution in [2.45, 2.75) is 27.2 Å². The van der Waals surface area contributed by atoms with Crippen LogP contribution >= 0.6 is 35.0 Å². The molecule has 0 aliphatic rings. The first-order valence-corrected chi connectivity index (χ1v) is 11.7. The molecular weight excluding hydrogens is 449 g/mol. The van der Waals surface area contributed by atoms with E-state index in [1.54, 1.807) is 11.8 Å². The van der Waals surface area contributed by atoms with Gasteiger partial charge in [-0.15, -0.1) is 0 Å². The van der Waals surface area contributed by atoms with Crippen LogP contribution < -0.4 is 5.32 Å². The Morgan fingerprint density at radius 2 is 1.81 bits per heavy atom. The van der Waals surface area contributed by atoms with Crippen molar-refractivity contribution < 1.29 is 9.53 Å². The summed E-state index contributed by atoms with van der Waals surface area (Å²) in [6.07, 6.45) is 0.605. The van der Waals surface area contributed by atoms with Crippen molar-refractivity contribution in [3.05, 3.63) is 86.2 Å². The molecule has 2 aromatic carbocycles. The van der Waals surface area contributed by atoms with Gasteiger partial charge >= 0.3 is 5.97 Å². The quantitative estimate of drug-likeness (QED) is 0.366. The second-order valence-electron chi connectivity index (χ2n) is 7.59. The van der Waals surface area contributed by atoms with E-state index in [2.05, 4.69) is 32.7 Å². The summed E-state index contributed by atoms with van der Waals surface area (Å²) in [4.78, 5) is 13.5. The molecule has 0 heterocycles. The summed E-state index contributed by atoms with van der Waals surface area (Å²) in [5, 5.41) is 5.17. The third kappa shape index (κ3) is 7.64. The minimum absolute atomic E-state index is 0.235. The predicted molar refractivity (Wildman–Crippen MR) is 134 cm³/mol. The zero-order valence-electron chi connectivity index (χ0n) is 18.4. The highest BCUT2D eigenvalue weighted by molar-refractivity contribution is 8.06. The van der Waals surface area contributed by atoms with E-state index >= 15 is 0 Å². The highest BCUT2D eigenvalue weighted by atomic mass is 35.5. The van der Waals surface area contributed by atoms with E-state index in [-0.39, 0.29) is 11.9 Å². The van der Waals surface area contributed by atoms with E-state index in [4.69, 9.17) is 27.9 Å². The van der Waals surface area contributed by atoms with Crippen molar-refractivity contribution >= 4 is 46.5 Å². The Labute approximate surface area is 199 Å². The van der Waals surface area contributed by atoms with Gasteiger partial charge < -0.3 is 10.1 Å². The molecule has 2 rings (SSSR count). The van der Waals surface area contributed by atoms with Crippen molar-refractivity contribution in [1.29, 1.82) is 0 Å². The Balaban J connectivity index is 2.11. The average Bonchev–Trinajstić information content (AvgIpc) is 2.76. The third-order valence-corrected chi connectivity index (χ3v) is 7.01. The molecule has 3 nitrogen and oxygen atoms in total. The van der Waals surface area contributed by atoms with Gasteiger partial charge in [0.15, 0.2) is 0 Å². The lowest BCUT2D eigenvalue weighted by Crippen LogP contribution is -2.30. The number of thioether (sulfide) groups is 1. The van der Waals surface area contributed by atoms with Crippen LogP contribution in [0.3, 0.4) is 0 Å². The minimum Gasteiger partial charge on any atom is -0.469 e. The number of carbonyl (C=O) groups is 1. The second-order valence-corrected chi connectivity index (χ2v) is 9.54. The highest BCUT2D eigenvalue weighted by Crippen LogP contribution is 2.37. The summed E-state index contributed by atoms with van der Waals surface area (Å²) in [6.45, 7) is 11.0. The maximum Gasteiger partial charge on any atom is 0.310 e. The van der Waals surface area contributed by atoms with Gasteiger partial charge in [-0.3, -0.25) is 4.79 Å². The Hall–Kier alpha value is -1.88. The van der Waals surface area contributed by atoms with Crippen LogP contribution in [0, 0.1) is 11.8 Å². The first-order valence-electron chi connectivity index (χ1n) is 10.1. The molecule has 0 saturated carbocycles. The highest BCUT2D eigenvalue weighted by Gasteiger charge is 2.20. The SMILES string of the molecule is C=C(NCC(Cc1ccccc1)C(=O)OC)S/C(=C(\C)c1ccc(Cl)c(Cl)c1)C(C)C. The van der Waals surface area contributed by atoms with Gasteiger partial charge in [-0.2, -0.15) is 0 Å². The average molecular weight is 478 g/mol. The summed E-state index contributed by atoms with van der Waals surface area (Å²) < 4.78 is 5.01. The maximum atomic E-state index is 12.3. The molecule has 1 atom stereocenters. The second kappa shape index (κ2) is 12.2. The van der Waals surface area contributed by atoms with Crippen LogP contribution in [-0.2, 0) is 16.0 Å². The molecule has 166 valence electrons. The molecule has 0 amide bonds. The van der Waals surface area contributed by atoms with Crippen molar-refractivity contribution in [2.75, 3.05) is 13.7 Å². The molecule has 0 radical (unpaired) electrons. The molecule has 2 aromatic rings. The summed E-state index contributed by atoms with van der Waals surface area (Å²) in [5.41, 5.74) is 3.24. The lowest BCUT2D eigenvalue weighted by Gasteiger charge is -2.20. The number of ether oxygens (including phenoxy) is 1. The van der Waals surface area contributed by atoms with Crippen molar-refractivity contribution in [1.82, 2.24) is 5.32 Å². The van der Waals surface area contributed by atoms with Gasteiger partial charge in [-0.1, -0.05) is 91.8 Å². The predicted octanol–water partition coefficient (Wildman–Crippen LogP) is 7.21. The summed E-state index contributed by atoms with van der Waals surface area (Å²) in [5.74, 6) is -0.244. The molecule has 0 spiro atoms. The smallest absolute Gasteiger partial charge is 0.310 e. The topological polar surface area (TPSA) is 38.3 Å². The number of carbonyl (C=O) groups excluding carboxylic acids is 1. The van der Waals surface area contributed by atoms with E-state index in [0.717, 1.165) is 21.7 Å². The molecular formula is C25H29Cl2NO2S. The molecule has 0 aliphatic carbocycles. The van der Waals surface area contributed by atoms with Gasteiger partial charge in [-0.05, 0) is 53.0 Å². The number of hydrogen-bond donors (Lipinski definition) is 1. The number of benzene rings is 2. The van der Waals surface area contributed by atoms with Gasteiger partial charge in [-0.25, -0.2) is 0 Å². The van der Waals surface area contributed by atoms with Crippen molar-refractivity contribution in [3.63, 3.8) is 0 Å². The number of rotatable bonds is 10. The lowest BCUT2D eigenvalue weighted by molar-refractivity contribution is -0.145. The molecule has 1 unspecified atom stereocenters. The van der Waals surface area contributed by atoms with Crippen LogP contribution in [0.5, 0.6) is 0 Å². The van der Waals surface area contributed by atoms with E-state index in [1.807, 2.05) is 48.5 Å². The van der Waals surface area contributed by atoms with E-state index in [9.17, 15) is 4.79 Å². The normalized spacial score (nSPS) is 12.9. The Morgan fingerprint density at radius 3 is 2.39 bits per heavy atom. The van der Waals surface area contributed by atoms with E-state index in [0.29, 0.717) is 28.9 Å². The van der Waals surface area contributed by atoms with E-state index < -0.39 is 0 Å². The molecule has 31 heavy (non-hydrogen) atoms. The molecule has 0 bridgehead atoms. The monoisotopic (exact) mass is 477 g/mol. The minimum atomic E-state index is -0.299. The number of hydrogen-bond acceptors (Lipinski definition) is 4. The third-order valence-electron chi connectivity index (χ3n) is 4.88. The van der Waals surface area contributed by atoms with Crippen LogP contribution in [0.15, 0.2) is 65.0 Å². The number of methoxy groups -OCH3 is 1. The first-order chi connectivity index (χ1) is 14.7. The van der Waals surface area contributed by atoms with Gasteiger partial charge in [0.25, 0.3) is 0 Å². The van der Waals surface area contributed by atoms with Gasteiger partial charge in [0, 0.05) is 6.54 Å². The number of halogens is 2. The van der Waals surface area contributed by atoms with Crippen LogP contribution in [0.2, 0.25) is 10.0 Å². The van der Waals surface area contributed by atoms with Crippen LogP contribution in [-0.4, -0.2) is 19.6 Å². The Kier molecular flexibility index (Phi) is 10.0. The fourth-order valence-electron chi connectivity index (χ4n) is 3.21. The van der Waals surface area contributed by atoms with Gasteiger partial charge in [0.2, 0.25) is 0 Å². The molecule has 0 aliphatic heterocycles. The largest absolute Gasteiger partial charge is 0.469 e. The molecule has 0 fully saturated rings.